The van der Waals surface area contributed by atoms with E-state index in [-0.39, 0.29) is 5.91 Å². The number of aromatic nitrogens is 1. The fraction of sp³-hybridized carbons (Fsp3) is 0.444. The molecule has 1 aromatic heterocycles. The summed E-state index contributed by atoms with van der Waals surface area (Å²) in [5.41, 5.74) is 1.89. The van der Waals surface area contributed by atoms with Crippen LogP contribution in [0.25, 0.3) is 0 Å². The first kappa shape index (κ1) is 18.0. The van der Waals surface area contributed by atoms with Crippen molar-refractivity contribution in [2.45, 2.75) is 44.3 Å². The Balaban J connectivity index is 2.10. The fourth-order valence-corrected chi connectivity index (χ4v) is 3.97. The Morgan fingerprint density at radius 3 is 2.74 bits per heavy atom. The van der Waals surface area contributed by atoms with Crippen LogP contribution >= 0.6 is 23.1 Å². The molecule has 1 heterocycles. The number of carbonyl (C=O) groups is 1. The number of carbonyl (C=O) groups excluding carboxylic acids is 1. The van der Waals surface area contributed by atoms with Crippen molar-refractivity contribution >= 4 is 29.0 Å². The normalized spacial score (nSPS) is 10.7. The molecule has 0 unspecified atom stereocenters. The van der Waals surface area contributed by atoms with Crippen LogP contribution < -0.4 is 0 Å². The van der Waals surface area contributed by atoms with Gasteiger partial charge in [-0.25, -0.2) is 4.98 Å². The van der Waals surface area contributed by atoms with Gasteiger partial charge in [-0.2, -0.15) is 0 Å². The highest BCUT2D eigenvalue weighted by atomic mass is 32.2. The van der Waals surface area contributed by atoms with E-state index in [2.05, 4.69) is 17.3 Å². The summed E-state index contributed by atoms with van der Waals surface area (Å²) in [6.45, 7) is 7.79. The average molecular weight is 349 g/mol. The highest BCUT2D eigenvalue weighted by molar-refractivity contribution is 7.98. The third-order valence-electron chi connectivity index (χ3n) is 3.61. The maximum atomic E-state index is 12.8. The van der Waals surface area contributed by atoms with E-state index in [1.807, 2.05) is 43.0 Å². The lowest BCUT2D eigenvalue weighted by atomic mass is 10.2. The lowest BCUT2D eigenvalue weighted by Crippen LogP contribution is -2.32. The van der Waals surface area contributed by atoms with Crippen molar-refractivity contribution in [2.24, 2.45) is 0 Å². The number of thiazole rings is 1. The quantitative estimate of drug-likeness (QED) is 0.629. The van der Waals surface area contributed by atoms with Crippen LogP contribution in [0, 0.1) is 6.92 Å². The van der Waals surface area contributed by atoms with Gasteiger partial charge >= 0.3 is 0 Å². The number of hydrogen-bond acceptors (Lipinski definition) is 4. The van der Waals surface area contributed by atoms with E-state index >= 15 is 0 Å². The molecule has 0 bridgehead atoms. The predicted molar refractivity (Wildman–Crippen MR) is 99.3 cm³/mol. The number of amides is 1. The van der Waals surface area contributed by atoms with Crippen LogP contribution in [0.2, 0.25) is 0 Å². The summed E-state index contributed by atoms with van der Waals surface area (Å²) in [4.78, 5) is 20.3. The number of rotatable bonds is 8. The van der Waals surface area contributed by atoms with Crippen molar-refractivity contribution in [3.8, 4) is 0 Å². The van der Waals surface area contributed by atoms with Crippen molar-refractivity contribution in [3.63, 3.8) is 0 Å². The molecule has 0 aliphatic rings. The monoisotopic (exact) mass is 348 g/mol. The third kappa shape index (κ3) is 5.08. The molecule has 0 saturated carbocycles. The summed E-state index contributed by atoms with van der Waals surface area (Å²) in [6.07, 6.45) is 2.15. The number of nitrogens with zero attached hydrogens (tertiary/aromatic N) is 2. The molecule has 3 nitrogen and oxygen atoms in total. The van der Waals surface area contributed by atoms with E-state index in [1.54, 1.807) is 23.1 Å². The molecular weight excluding hydrogens is 324 g/mol. The maximum Gasteiger partial charge on any atom is 0.254 e. The Morgan fingerprint density at radius 1 is 1.30 bits per heavy atom. The van der Waals surface area contributed by atoms with Gasteiger partial charge in [0.2, 0.25) is 0 Å². The first-order valence-corrected chi connectivity index (χ1v) is 9.94. The zero-order valence-electron chi connectivity index (χ0n) is 14.0. The standard InChI is InChI=1S/C18H24N2OS2/c1-4-6-11-20(5-2)18(21)16-9-7-8-10-17(16)23-13-15-12-22-14(3)19-15/h7-10,12H,4-6,11,13H2,1-3H3. The molecule has 2 rings (SSSR count). The molecule has 0 N–H and O–H groups in total. The number of hydrogen-bond donors (Lipinski definition) is 0. The zero-order valence-corrected chi connectivity index (χ0v) is 15.7. The second-order valence-electron chi connectivity index (χ2n) is 5.38. The van der Waals surface area contributed by atoms with Crippen LogP contribution in [0.5, 0.6) is 0 Å². The molecule has 5 heteroatoms. The summed E-state index contributed by atoms with van der Waals surface area (Å²) in [7, 11) is 0. The van der Waals surface area contributed by atoms with Gasteiger partial charge in [0.1, 0.15) is 0 Å². The Kier molecular flexibility index (Phi) is 7.12. The summed E-state index contributed by atoms with van der Waals surface area (Å²) in [5, 5.41) is 3.17. The van der Waals surface area contributed by atoms with Gasteiger partial charge in [-0.05, 0) is 32.4 Å². The molecule has 0 radical (unpaired) electrons. The van der Waals surface area contributed by atoms with E-state index in [4.69, 9.17) is 0 Å². The van der Waals surface area contributed by atoms with E-state index in [0.29, 0.717) is 0 Å². The van der Waals surface area contributed by atoms with Crippen LogP contribution in [0.1, 0.15) is 47.7 Å². The Morgan fingerprint density at radius 2 is 2.09 bits per heavy atom. The van der Waals surface area contributed by atoms with E-state index in [0.717, 1.165) is 52.8 Å². The van der Waals surface area contributed by atoms with Crippen molar-refractivity contribution < 1.29 is 4.79 Å². The van der Waals surface area contributed by atoms with Gasteiger partial charge in [-0.1, -0.05) is 25.5 Å². The minimum atomic E-state index is 0.138. The summed E-state index contributed by atoms with van der Waals surface area (Å²) < 4.78 is 0. The molecule has 0 aliphatic carbocycles. The van der Waals surface area contributed by atoms with Crippen molar-refractivity contribution in [1.29, 1.82) is 0 Å². The fourth-order valence-electron chi connectivity index (χ4n) is 2.32. The van der Waals surface area contributed by atoms with Crippen LogP contribution in [0.15, 0.2) is 34.5 Å². The molecule has 1 aromatic carbocycles. The molecule has 0 atom stereocenters. The van der Waals surface area contributed by atoms with Gasteiger partial charge in [-0.3, -0.25) is 4.79 Å². The van der Waals surface area contributed by atoms with Crippen molar-refractivity contribution in [1.82, 2.24) is 9.88 Å². The lowest BCUT2D eigenvalue weighted by Gasteiger charge is -2.22. The highest BCUT2D eigenvalue weighted by Crippen LogP contribution is 2.27. The first-order valence-electron chi connectivity index (χ1n) is 8.07. The number of thioether (sulfide) groups is 1. The molecule has 0 aliphatic heterocycles. The van der Waals surface area contributed by atoms with Gasteiger partial charge in [0.15, 0.2) is 0 Å². The second kappa shape index (κ2) is 9.08. The maximum absolute atomic E-state index is 12.8. The van der Waals surface area contributed by atoms with Gasteiger partial charge in [0.05, 0.1) is 16.3 Å². The molecule has 1 amide bonds. The van der Waals surface area contributed by atoms with Crippen LogP contribution in [0.4, 0.5) is 0 Å². The molecule has 0 spiro atoms. The van der Waals surface area contributed by atoms with Gasteiger partial charge in [-0.15, -0.1) is 23.1 Å². The predicted octanol–water partition coefficient (Wildman–Crippen LogP) is 5.01. The van der Waals surface area contributed by atoms with Gasteiger partial charge in [0, 0.05) is 29.1 Å². The van der Waals surface area contributed by atoms with Crippen LogP contribution in [-0.2, 0) is 5.75 Å². The molecule has 0 saturated heterocycles. The Labute approximate surface area is 147 Å². The van der Waals surface area contributed by atoms with Crippen LogP contribution in [-0.4, -0.2) is 28.9 Å². The molecule has 2 aromatic rings. The van der Waals surface area contributed by atoms with E-state index in [1.165, 1.54) is 0 Å². The number of benzene rings is 1. The van der Waals surface area contributed by atoms with Crippen molar-refractivity contribution in [3.05, 3.63) is 45.9 Å². The van der Waals surface area contributed by atoms with Gasteiger partial charge < -0.3 is 4.90 Å². The summed E-state index contributed by atoms with van der Waals surface area (Å²) in [6, 6.07) is 7.90. The van der Waals surface area contributed by atoms with E-state index < -0.39 is 0 Å². The second-order valence-corrected chi connectivity index (χ2v) is 7.46. The molecule has 23 heavy (non-hydrogen) atoms. The SMILES string of the molecule is CCCCN(CC)C(=O)c1ccccc1SCc1csc(C)n1. The molecular formula is C18H24N2OS2. The van der Waals surface area contributed by atoms with Gasteiger partial charge in [0.25, 0.3) is 5.91 Å². The number of aryl methyl sites for hydroxylation is 1. The summed E-state index contributed by atoms with van der Waals surface area (Å²) >= 11 is 3.36. The van der Waals surface area contributed by atoms with Crippen LogP contribution in [0.3, 0.4) is 0 Å². The largest absolute Gasteiger partial charge is 0.339 e. The highest BCUT2D eigenvalue weighted by Gasteiger charge is 2.17. The third-order valence-corrected chi connectivity index (χ3v) is 5.54. The topological polar surface area (TPSA) is 33.2 Å². The first-order chi connectivity index (χ1) is 11.2. The summed E-state index contributed by atoms with van der Waals surface area (Å²) in [5.74, 6) is 0.939. The lowest BCUT2D eigenvalue weighted by molar-refractivity contribution is 0.0759. The molecule has 124 valence electrons. The van der Waals surface area contributed by atoms with Crippen molar-refractivity contribution in [2.75, 3.05) is 13.1 Å². The minimum absolute atomic E-state index is 0.138. The number of unbranched alkanes of at least 4 members (excludes halogenated alkanes) is 1. The molecule has 0 fully saturated rings. The zero-order chi connectivity index (χ0) is 16.7. The minimum Gasteiger partial charge on any atom is -0.339 e. The van der Waals surface area contributed by atoms with E-state index in [9.17, 15) is 4.79 Å². The average Bonchev–Trinajstić information content (AvgIpc) is 2.99. The Hall–Kier alpha value is -1.33. The Bertz CT molecular complexity index is 639. The smallest absolute Gasteiger partial charge is 0.254 e.